The van der Waals surface area contributed by atoms with Crippen LogP contribution in [0.4, 0.5) is 0 Å². The largest absolute Gasteiger partial charge is 0.330 e. The monoisotopic (exact) mass is 231 g/mol. The molecule has 0 aliphatic rings. The van der Waals surface area contributed by atoms with Gasteiger partial charge in [0.25, 0.3) is 0 Å². The van der Waals surface area contributed by atoms with Gasteiger partial charge in [0.15, 0.2) is 0 Å². The molecule has 1 atom stereocenters. The number of carbonyl (C=O) groups is 1. The molecule has 0 amide bonds. The minimum atomic E-state index is 0.0564. The Labute approximate surface area is 93.1 Å². The SMILES string of the molecule is CC(CCN)C(=O)Cc1ccc(Cl)s1. The van der Waals surface area contributed by atoms with Gasteiger partial charge in [0.05, 0.1) is 4.34 Å². The van der Waals surface area contributed by atoms with Crippen LogP contribution in [0.15, 0.2) is 12.1 Å². The van der Waals surface area contributed by atoms with Gasteiger partial charge in [0.1, 0.15) is 5.78 Å². The molecule has 1 aromatic heterocycles. The van der Waals surface area contributed by atoms with E-state index in [-0.39, 0.29) is 11.7 Å². The van der Waals surface area contributed by atoms with Crippen LogP contribution in [0.3, 0.4) is 0 Å². The van der Waals surface area contributed by atoms with E-state index >= 15 is 0 Å². The summed E-state index contributed by atoms with van der Waals surface area (Å²) < 4.78 is 0.735. The molecule has 1 rings (SSSR count). The topological polar surface area (TPSA) is 43.1 Å². The molecule has 2 N–H and O–H groups in total. The maximum Gasteiger partial charge on any atom is 0.140 e. The normalized spacial score (nSPS) is 12.8. The lowest BCUT2D eigenvalue weighted by Crippen LogP contribution is -2.16. The van der Waals surface area contributed by atoms with Gasteiger partial charge in [-0.1, -0.05) is 18.5 Å². The number of rotatable bonds is 5. The Balaban J connectivity index is 2.48. The summed E-state index contributed by atoms with van der Waals surface area (Å²) in [5, 5.41) is 0. The molecule has 0 aliphatic heterocycles. The molecule has 1 aromatic rings. The second-order valence-electron chi connectivity index (χ2n) is 3.33. The van der Waals surface area contributed by atoms with Gasteiger partial charge < -0.3 is 5.73 Å². The van der Waals surface area contributed by atoms with Gasteiger partial charge in [-0.25, -0.2) is 0 Å². The number of ketones is 1. The van der Waals surface area contributed by atoms with Gasteiger partial charge in [-0.15, -0.1) is 11.3 Å². The summed E-state index contributed by atoms with van der Waals surface area (Å²) in [5.74, 6) is 0.301. The second-order valence-corrected chi connectivity index (χ2v) is 5.13. The van der Waals surface area contributed by atoms with E-state index in [1.54, 1.807) is 0 Å². The van der Waals surface area contributed by atoms with Crippen molar-refractivity contribution in [3.8, 4) is 0 Å². The van der Waals surface area contributed by atoms with Crippen LogP contribution < -0.4 is 5.73 Å². The minimum Gasteiger partial charge on any atom is -0.330 e. The Bertz CT molecular complexity index is 311. The molecule has 78 valence electrons. The summed E-state index contributed by atoms with van der Waals surface area (Å²) in [7, 11) is 0. The fourth-order valence-corrected chi connectivity index (χ4v) is 2.30. The number of halogens is 1. The summed E-state index contributed by atoms with van der Waals surface area (Å²) >= 11 is 7.24. The molecule has 0 saturated carbocycles. The van der Waals surface area contributed by atoms with Crippen LogP contribution in [0.25, 0.3) is 0 Å². The highest BCUT2D eigenvalue weighted by Gasteiger charge is 2.13. The Morgan fingerprint density at radius 1 is 1.64 bits per heavy atom. The number of thiophene rings is 1. The smallest absolute Gasteiger partial charge is 0.140 e. The lowest BCUT2D eigenvalue weighted by Gasteiger charge is -2.06. The van der Waals surface area contributed by atoms with Crippen molar-refractivity contribution in [3.05, 3.63) is 21.3 Å². The van der Waals surface area contributed by atoms with E-state index in [9.17, 15) is 4.79 Å². The predicted octanol–water partition coefficient (Wildman–Crippen LogP) is 2.50. The maximum atomic E-state index is 11.6. The first-order chi connectivity index (χ1) is 6.63. The number of Topliss-reactive ketones (excluding diaryl/α,β-unsaturated/α-hetero) is 1. The van der Waals surface area contributed by atoms with Crippen LogP contribution in [-0.4, -0.2) is 12.3 Å². The molecule has 0 aliphatic carbocycles. The quantitative estimate of drug-likeness (QED) is 0.846. The average Bonchev–Trinajstić information content (AvgIpc) is 2.51. The van der Waals surface area contributed by atoms with E-state index in [1.807, 2.05) is 19.1 Å². The van der Waals surface area contributed by atoms with Crippen molar-refractivity contribution < 1.29 is 4.79 Å². The summed E-state index contributed by atoms with van der Waals surface area (Å²) in [6, 6.07) is 3.72. The first-order valence-corrected chi connectivity index (χ1v) is 5.80. The zero-order valence-electron chi connectivity index (χ0n) is 8.13. The molecule has 4 heteroatoms. The van der Waals surface area contributed by atoms with Crippen LogP contribution in [0.5, 0.6) is 0 Å². The Hall–Kier alpha value is -0.380. The third-order valence-electron chi connectivity index (χ3n) is 2.13. The highest BCUT2D eigenvalue weighted by Crippen LogP contribution is 2.22. The van der Waals surface area contributed by atoms with E-state index in [0.29, 0.717) is 13.0 Å². The fraction of sp³-hybridized carbons (Fsp3) is 0.500. The van der Waals surface area contributed by atoms with Gasteiger partial charge >= 0.3 is 0 Å². The zero-order valence-corrected chi connectivity index (χ0v) is 9.70. The van der Waals surface area contributed by atoms with Crippen LogP contribution >= 0.6 is 22.9 Å². The van der Waals surface area contributed by atoms with E-state index in [1.165, 1.54) is 11.3 Å². The molecular formula is C10H14ClNOS. The Morgan fingerprint density at radius 3 is 2.86 bits per heavy atom. The number of hydrogen-bond acceptors (Lipinski definition) is 3. The average molecular weight is 232 g/mol. The standard InChI is InChI=1S/C10H14ClNOS/c1-7(4-5-12)9(13)6-8-2-3-10(11)14-8/h2-3,7H,4-6,12H2,1H3. The molecule has 1 heterocycles. The highest BCUT2D eigenvalue weighted by atomic mass is 35.5. The van der Waals surface area contributed by atoms with Gasteiger partial charge in [0.2, 0.25) is 0 Å². The molecular weight excluding hydrogens is 218 g/mol. The summed E-state index contributed by atoms with van der Waals surface area (Å²) in [6.07, 6.45) is 1.25. The molecule has 0 bridgehead atoms. The first kappa shape index (κ1) is 11.7. The van der Waals surface area contributed by atoms with E-state index in [2.05, 4.69) is 0 Å². The van der Waals surface area contributed by atoms with Crippen LogP contribution in [0.2, 0.25) is 4.34 Å². The Kier molecular flexibility index (Phi) is 4.58. The van der Waals surface area contributed by atoms with Crippen molar-refractivity contribution in [3.63, 3.8) is 0 Å². The van der Waals surface area contributed by atoms with Crippen LogP contribution in [0.1, 0.15) is 18.2 Å². The summed E-state index contributed by atoms with van der Waals surface area (Å²) in [5.41, 5.74) is 5.39. The Morgan fingerprint density at radius 2 is 2.36 bits per heavy atom. The van der Waals surface area contributed by atoms with Gasteiger partial charge in [-0.2, -0.15) is 0 Å². The lowest BCUT2D eigenvalue weighted by atomic mass is 10.00. The van der Waals surface area contributed by atoms with Crippen molar-refractivity contribution in [2.24, 2.45) is 11.7 Å². The molecule has 1 unspecified atom stereocenters. The maximum absolute atomic E-state index is 11.6. The molecule has 2 nitrogen and oxygen atoms in total. The first-order valence-electron chi connectivity index (χ1n) is 4.60. The molecule has 0 radical (unpaired) electrons. The predicted molar refractivity (Wildman–Crippen MR) is 60.9 cm³/mol. The van der Waals surface area contributed by atoms with Gasteiger partial charge in [0, 0.05) is 17.2 Å². The van der Waals surface area contributed by atoms with Crippen LogP contribution in [-0.2, 0) is 11.2 Å². The molecule has 0 spiro atoms. The van der Waals surface area contributed by atoms with Crippen molar-refractivity contribution in [1.82, 2.24) is 0 Å². The molecule has 0 saturated heterocycles. The van der Waals surface area contributed by atoms with E-state index < -0.39 is 0 Å². The van der Waals surface area contributed by atoms with Crippen molar-refractivity contribution in [2.75, 3.05) is 6.54 Å². The third-order valence-corrected chi connectivity index (χ3v) is 3.36. The van der Waals surface area contributed by atoms with E-state index in [4.69, 9.17) is 17.3 Å². The lowest BCUT2D eigenvalue weighted by molar-refractivity contribution is -0.121. The highest BCUT2D eigenvalue weighted by molar-refractivity contribution is 7.16. The second kappa shape index (κ2) is 5.49. The van der Waals surface area contributed by atoms with Crippen LogP contribution in [0, 0.1) is 5.92 Å². The molecule has 14 heavy (non-hydrogen) atoms. The summed E-state index contributed by atoms with van der Waals surface area (Å²) in [6.45, 7) is 2.49. The third kappa shape index (κ3) is 3.40. The van der Waals surface area contributed by atoms with Crippen molar-refractivity contribution >= 4 is 28.7 Å². The molecule has 0 fully saturated rings. The zero-order chi connectivity index (χ0) is 10.6. The van der Waals surface area contributed by atoms with Crippen molar-refractivity contribution in [2.45, 2.75) is 19.8 Å². The van der Waals surface area contributed by atoms with E-state index in [0.717, 1.165) is 15.6 Å². The number of hydrogen-bond donors (Lipinski definition) is 1. The molecule has 0 aromatic carbocycles. The minimum absolute atomic E-state index is 0.0564. The summed E-state index contributed by atoms with van der Waals surface area (Å²) in [4.78, 5) is 12.7. The fourth-order valence-electron chi connectivity index (χ4n) is 1.20. The van der Waals surface area contributed by atoms with Gasteiger partial charge in [-0.05, 0) is 25.1 Å². The number of carbonyl (C=O) groups excluding carboxylic acids is 1. The number of nitrogens with two attached hydrogens (primary N) is 1. The van der Waals surface area contributed by atoms with Crippen molar-refractivity contribution in [1.29, 1.82) is 0 Å². The van der Waals surface area contributed by atoms with Gasteiger partial charge in [-0.3, -0.25) is 4.79 Å².